The number of sulfonamides is 1. The van der Waals surface area contributed by atoms with Crippen LogP contribution in [0.2, 0.25) is 0 Å². The third-order valence-corrected chi connectivity index (χ3v) is 6.61. The molecule has 0 amide bonds. The number of aryl methyl sites for hydroxylation is 1. The van der Waals surface area contributed by atoms with Gasteiger partial charge >= 0.3 is 0 Å². The van der Waals surface area contributed by atoms with Crippen molar-refractivity contribution >= 4 is 10.0 Å². The van der Waals surface area contributed by atoms with E-state index in [-0.39, 0.29) is 10.6 Å². The number of benzene rings is 3. The molecule has 0 unspecified atom stereocenters. The van der Waals surface area contributed by atoms with Gasteiger partial charge in [0.25, 0.3) is 0 Å². The Morgan fingerprint density at radius 1 is 1.03 bits per heavy atom. The van der Waals surface area contributed by atoms with Crippen LogP contribution in [0.4, 0.5) is 4.39 Å². The fourth-order valence-corrected chi connectivity index (χ4v) is 4.47. The molecule has 7 nitrogen and oxygen atoms in total. The number of likely N-dealkylation sites (N-methyl/N-ethyl adjacent to an activating group) is 1. The molecule has 0 bridgehead atoms. The third-order valence-electron chi connectivity index (χ3n) is 5.69. The van der Waals surface area contributed by atoms with Crippen LogP contribution in [0.5, 0.6) is 5.75 Å². The molecule has 36 heavy (non-hydrogen) atoms. The normalized spacial score (nSPS) is 11.7. The number of halogens is 1. The van der Waals surface area contributed by atoms with Crippen LogP contribution in [0.25, 0.3) is 5.69 Å². The van der Waals surface area contributed by atoms with Crippen LogP contribution in [0, 0.1) is 12.7 Å². The van der Waals surface area contributed by atoms with Gasteiger partial charge < -0.3 is 4.74 Å². The number of rotatable bonds is 10. The number of nitrogens with zero attached hydrogens (tertiary/aromatic N) is 3. The molecule has 0 atom stereocenters. The summed E-state index contributed by atoms with van der Waals surface area (Å²) < 4.78 is 45.7. The minimum Gasteiger partial charge on any atom is -0.492 e. The molecule has 4 rings (SSSR count). The Labute approximate surface area is 211 Å². The number of nitrogens with two attached hydrogens (primary N) is 1. The van der Waals surface area contributed by atoms with Gasteiger partial charge in [-0.1, -0.05) is 48.0 Å². The summed E-state index contributed by atoms with van der Waals surface area (Å²) in [4.78, 5) is 1.79. The Kier molecular flexibility index (Phi) is 7.83. The van der Waals surface area contributed by atoms with Gasteiger partial charge in [0.2, 0.25) is 10.0 Å². The predicted molar refractivity (Wildman–Crippen MR) is 137 cm³/mol. The zero-order chi connectivity index (χ0) is 25.7. The second kappa shape index (κ2) is 11.0. The number of aromatic nitrogens is 2. The first kappa shape index (κ1) is 25.6. The number of hydrogen-bond donors (Lipinski definition) is 1. The summed E-state index contributed by atoms with van der Waals surface area (Å²) in [5.74, 6) is 0.0975. The molecule has 0 spiro atoms. The summed E-state index contributed by atoms with van der Waals surface area (Å²) in [6.07, 6.45) is 0.534. The van der Waals surface area contributed by atoms with Crippen molar-refractivity contribution in [1.29, 1.82) is 0 Å². The van der Waals surface area contributed by atoms with E-state index in [4.69, 9.17) is 9.88 Å². The topological polar surface area (TPSA) is 90.4 Å². The Morgan fingerprint density at radius 2 is 1.81 bits per heavy atom. The van der Waals surface area contributed by atoms with Crippen LogP contribution < -0.4 is 9.88 Å². The van der Waals surface area contributed by atoms with Gasteiger partial charge in [0.1, 0.15) is 23.9 Å². The van der Waals surface area contributed by atoms with Crippen LogP contribution >= 0.6 is 0 Å². The van der Waals surface area contributed by atoms with Gasteiger partial charge in [0.15, 0.2) is 0 Å². The van der Waals surface area contributed by atoms with Crippen molar-refractivity contribution in [3.8, 4) is 11.4 Å². The van der Waals surface area contributed by atoms with Crippen molar-refractivity contribution in [2.75, 3.05) is 20.2 Å². The number of primary sulfonamides is 1. The molecule has 3 aromatic carbocycles. The predicted octanol–water partition coefficient (Wildman–Crippen LogP) is 4.07. The highest BCUT2D eigenvalue weighted by Crippen LogP contribution is 2.22. The Morgan fingerprint density at radius 3 is 2.50 bits per heavy atom. The average molecular weight is 509 g/mol. The highest BCUT2D eigenvalue weighted by Gasteiger charge is 2.18. The fraction of sp³-hybridized carbons (Fsp3) is 0.222. The van der Waals surface area contributed by atoms with E-state index in [2.05, 4.69) is 16.1 Å². The number of hydrogen-bond acceptors (Lipinski definition) is 5. The Bertz CT molecular complexity index is 1440. The SMILES string of the molecule is Cc1cccc(Cc2cc(CN(C)CCOc3ccccc3)nn2-c2ccc(S(N)(=O)=O)cc2F)c1. The molecule has 0 saturated heterocycles. The molecule has 4 aromatic rings. The second-order valence-electron chi connectivity index (χ2n) is 8.76. The maximum atomic E-state index is 15.0. The van der Waals surface area contributed by atoms with E-state index in [1.807, 2.05) is 68.6 Å². The van der Waals surface area contributed by atoms with E-state index in [1.54, 1.807) is 0 Å². The lowest BCUT2D eigenvalue weighted by Crippen LogP contribution is -2.24. The summed E-state index contributed by atoms with van der Waals surface area (Å²) in [7, 11) is -2.05. The van der Waals surface area contributed by atoms with Crippen molar-refractivity contribution in [2.45, 2.75) is 24.8 Å². The first-order valence-corrected chi connectivity index (χ1v) is 13.1. The first-order valence-electron chi connectivity index (χ1n) is 11.5. The fourth-order valence-electron chi connectivity index (χ4n) is 3.95. The van der Waals surface area contributed by atoms with Gasteiger partial charge in [-0.3, -0.25) is 4.90 Å². The van der Waals surface area contributed by atoms with Crippen LogP contribution in [0.15, 0.2) is 83.8 Å². The zero-order valence-corrected chi connectivity index (χ0v) is 21.1. The first-order chi connectivity index (χ1) is 17.2. The number of ether oxygens (including phenoxy) is 1. The highest BCUT2D eigenvalue weighted by atomic mass is 32.2. The van der Waals surface area contributed by atoms with Crippen molar-refractivity contribution in [3.63, 3.8) is 0 Å². The van der Waals surface area contributed by atoms with E-state index < -0.39 is 15.8 Å². The lowest BCUT2D eigenvalue weighted by molar-refractivity contribution is 0.231. The van der Waals surface area contributed by atoms with E-state index in [0.717, 1.165) is 34.3 Å². The van der Waals surface area contributed by atoms with Gasteiger partial charge in [-0.05, 0) is 55.9 Å². The van der Waals surface area contributed by atoms with E-state index >= 15 is 4.39 Å². The van der Waals surface area contributed by atoms with Crippen LogP contribution in [0.3, 0.4) is 0 Å². The number of para-hydroxylation sites is 1. The van der Waals surface area contributed by atoms with Crippen molar-refractivity contribution in [3.05, 3.63) is 107 Å². The van der Waals surface area contributed by atoms with Crippen molar-refractivity contribution in [1.82, 2.24) is 14.7 Å². The molecule has 0 aliphatic heterocycles. The summed E-state index contributed by atoms with van der Waals surface area (Å²) in [5, 5.41) is 9.84. The van der Waals surface area contributed by atoms with Crippen LogP contribution in [-0.2, 0) is 23.0 Å². The summed E-state index contributed by atoms with van der Waals surface area (Å²) in [6, 6.07) is 23.3. The van der Waals surface area contributed by atoms with Crippen LogP contribution in [-0.4, -0.2) is 43.3 Å². The summed E-state index contributed by atoms with van der Waals surface area (Å²) in [6.45, 7) is 3.74. The van der Waals surface area contributed by atoms with Crippen molar-refractivity contribution in [2.24, 2.45) is 5.14 Å². The van der Waals surface area contributed by atoms with Gasteiger partial charge in [-0.2, -0.15) is 5.10 Å². The lowest BCUT2D eigenvalue weighted by Gasteiger charge is -2.15. The Hall–Kier alpha value is -3.53. The standard InChI is InChI=1S/C27H29FN4O3S/c1-20-7-6-8-21(15-20)16-23-17-22(19-31(2)13-14-35-24-9-4-3-5-10-24)30-32(23)27-12-11-25(18-26(27)28)36(29,33)34/h3-12,15,17-18H,13-14,16,19H2,1-2H3,(H2,29,33,34). The average Bonchev–Trinajstić information content (AvgIpc) is 3.20. The van der Waals surface area contributed by atoms with E-state index in [9.17, 15) is 8.42 Å². The molecular formula is C27H29FN4O3S. The van der Waals surface area contributed by atoms with Crippen LogP contribution in [0.1, 0.15) is 22.5 Å². The summed E-state index contributed by atoms with van der Waals surface area (Å²) >= 11 is 0. The minimum atomic E-state index is -4.02. The lowest BCUT2D eigenvalue weighted by atomic mass is 10.1. The Balaban J connectivity index is 1.57. The van der Waals surface area contributed by atoms with Gasteiger partial charge in [-0.15, -0.1) is 0 Å². The molecule has 9 heteroatoms. The van der Waals surface area contributed by atoms with E-state index in [0.29, 0.717) is 26.1 Å². The zero-order valence-electron chi connectivity index (χ0n) is 20.3. The molecule has 0 saturated carbocycles. The maximum absolute atomic E-state index is 15.0. The van der Waals surface area contributed by atoms with E-state index in [1.165, 1.54) is 16.8 Å². The molecule has 188 valence electrons. The van der Waals surface area contributed by atoms with Gasteiger partial charge in [-0.25, -0.2) is 22.6 Å². The third kappa shape index (κ3) is 6.57. The molecule has 1 heterocycles. The molecule has 2 N–H and O–H groups in total. The quantitative estimate of drug-likeness (QED) is 0.349. The molecule has 1 aromatic heterocycles. The van der Waals surface area contributed by atoms with Gasteiger partial charge in [0, 0.05) is 25.2 Å². The molecule has 0 radical (unpaired) electrons. The molecule has 0 aliphatic rings. The smallest absolute Gasteiger partial charge is 0.238 e. The monoisotopic (exact) mass is 508 g/mol. The minimum absolute atomic E-state index is 0.159. The molecule has 0 aliphatic carbocycles. The van der Waals surface area contributed by atoms with Gasteiger partial charge in [0.05, 0.1) is 10.6 Å². The largest absolute Gasteiger partial charge is 0.492 e. The molecular weight excluding hydrogens is 479 g/mol. The second-order valence-corrected chi connectivity index (χ2v) is 10.3. The molecule has 0 fully saturated rings. The maximum Gasteiger partial charge on any atom is 0.238 e. The highest BCUT2D eigenvalue weighted by molar-refractivity contribution is 7.89. The van der Waals surface area contributed by atoms with Crippen molar-refractivity contribution < 1.29 is 17.5 Å². The summed E-state index contributed by atoms with van der Waals surface area (Å²) in [5.41, 5.74) is 3.89.